The van der Waals surface area contributed by atoms with Gasteiger partial charge in [0, 0.05) is 10.7 Å². The van der Waals surface area contributed by atoms with Crippen molar-refractivity contribution in [3.8, 4) is 0 Å². The Morgan fingerprint density at radius 3 is 2.43 bits per heavy atom. The second kappa shape index (κ2) is 6.41. The highest BCUT2D eigenvalue weighted by molar-refractivity contribution is 6.30. The predicted molar refractivity (Wildman–Crippen MR) is 81.9 cm³/mol. The summed E-state index contributed by atoms with van der Waals surface area (Å²) >= 11 is 5.79. The number of hydrogen-bond donors (Lipinski definition) is 2. The van der Waals surface area contributed by atoms with Gasteiger partial charge in [-0.05, 0) is 42.3 Å². The Bertz CT molecular complexity index is 680. The maximum absolute atomic E-state index is 12.0. The number of carboxylic acids is 1. The number of benzene rings is 2. The van der Waals surface area contributed by atoms with Crippen molar-refractivity contribution in [1.82, 2.24) is 0 Å². The molecule has 108 valence electrons. The van der Waals surface area contributed by atoms with E-state index >= 15 is 0 Å². The van der Waals surface area contributed by atoms with Crippen LogP contribution in [0, 0.1) is 6.92 Å². The molecule has 0 aliphatic carbocycles. The molecule has 0 aliphatic rings. The lowest BCUT2D eigenvalue weighted by molar-refractivity contribution is -0.115. The van der Waals surface area contributed by atoms with Gasteiger partial charge in [0.1, 0.15) is 0 Å². The monoisotopic (exact) mass is 303 g/mol. The largest absolute Gasteiger partial charge is 0.478 e. The predicted octanol–water partition coefficient (Wildman–Crippen LogP) is 3.53. The maximum atomic E-state index is 12.0. The van der Waals surface area contributed by atoms with Crippen molar-refractivity contribution in [3.63, 3.8) is 0 Å². The molecule has 5 heteroatoms. The Balaban J connectivity index is 2.10. The fourth-order valence-corrected chi connectivity index (χ4v) is 2.00. The zero-order valence-electron chi connectivity index (χ0n) is 11.4. The van der Waals surface area contributed by atoms with Crippen LogP contribution in [0.1, 0.15) is 21.5 Å². The third-order valence-corrected chi connectivity index (χ3v) is 3.29. The number of halogens is 1. The molecule has 0 unspecified atom stereocenters. The molecular weight excluding hydrogens is 290 g/mol. The number of amides is 1. The summed E-state index contributed by atoms with van der Waals surface area (Å²) in [7, 11) is 0. The Morgan fingerprint density at radius 2 is 1.81 bits per heavy atom. The summed E-state index contributed by atoms with van der Waals surface area (Å²) in [5.41, 5.74) is 2.30. The van der Waals surface area contributed by atoms with Crippen molar-refractivity contribution < 1.29 is 14.7 Å². The van der Waals surface area contributed by atoms with E-state index in [1.807, 2.05) is 6.92 Å². The zero-order valence-corrected chi connectivity index (χ0v) is 12.1. The van der Waals surface area contributed by atoms with Gasteiger partial charge in [0.2, 0.25) is 5.91 Å². The molecule has 0 saturated heterocycles. The molecule has 0 fully saturated rings. The quantitative estimate of drug-likeness (QED) is 0.908. The van der Waals surface area contributed by atoms with Gasteiger partial charge < -0.3 is 10.4 Å². The van der Waals surface area contributed by atoms with Gasteiger partial charge in [-0.15, -0.1) is 0 Å². The van der Waals surface area contributed by atoms with E-state index in [-0.39, 0.29) is 17.9 Å². The zero-order chi connectivity index (χ0) is 15.4. The van der Waals surface area contributed by atoms with E-state index in [1.165, 1.54) is 12.1 Å². The molecule has 0 bridgehead atoms. The van der Waals surface area contributed by atoms with E-state index in [0.29, 0.717) is 10.7 Å². The van der Waals surface area contributed by atoms with Crippen LogP contribution in [0.2, 0.25) is 5.02 Å². The highest BCUT2D eigenvalue weighted by Crippen LogP contribution is 2.18. The molecule has 0 saturated carbocycles. The standard InChI is InChI=1S/C16H14ClNO3/c1-10-2-5-12(16(20)21)9-14(10)18-15(19)8-11-3-6-13(17)7-4-11/h2-7,9H,8H2,1H3,(H,18,19)(H,20,21). The number of carbonyl (C=O) groups excluding carboxylic acids is 1. The van der Waals surface area contributed by atoms with E-state index in [9.17, 15) is 9.59 Å². The molecule has 0 aromatic heterocycles. The fraction of sp³-hybridized carbons (Fsp3) is 0.125. The average molecular weight is 304 g/mol. The van der Waals surface area contributed by atoms with Crippen molar-refractivity contribution in [1.29, 1.82) is 0 Å². The summed E-state index contributed by atoms with van der Waals surface area (Å²) in [5, 5.41) is 12.3. The number of aromatic carboxylic acids is 1. The molecule has 0 aliphatic heterocycles. The highest BCUT2D eigenvalue weighted by Gasteiger charge is 2.09. The van der Waals surface area contributed by atoms with Gasteiger partial charge in [-0.2, -0.15) is 0 Å². The minimum Gasteiger partial charge on any atom is -0.478 e. The van der Waals surface area contributed by atoms with Crippen LogP contribution in [-0.4, -0.2) is 17.0 Å². The van der Waals surface area contributed by atoms with Crippen LogP contribution in [0.3, 0.4) is 0 Å². The van der Waals surface area contributed by atoms with Crippen LogP contribution in [0.5, 0.6) is 0 Å². The van der Waals surface area contributed by atoms with Crippen molar-refractivity contribution >= 4 is 29.2 Å². The molecule has 2 N–H and O–H groups in total. The average Bonchev–Trinajstić information content (AvgIpc) is 2.43. The van der Waals surface area contributed by atoms with Crippen molar-refractivity contribution in [2.75, 3.05) is 5.32 Å². The lowest BCUT2D eigenvalue weighted by Gasteiger charge is -2.09. The number of carboxylic acid groups (broad SMARTS) is 1. The van der Waals surface area contributed by atoms with Crippen LogP contribution in [0.25, 0.3) is 0 Å². The minimum absolute atomic E-state index is 0.141. The Kier molecular flexibility index (Phi) is 4.60. The number of carbonyl (C=O) groups is 2. The van der Waals surface area contributed by atoms with Gasteiger partial charge in [0.05, 0.1) is 12.0 Å². The molecule has 2 aromatic rings. The van der Waals surface area contributed by atoms with E-state index in [0.717, 1.165) is 11.1 Å². The first-order chi connectivity index (χ1) is 9.95. The first-order valence-electron chi connectivity index (χ1n) is 6.34. The number of nitrogens with one attached hydrogen (secondary N) is 1. The summed E-state index contributed by atoms with van der Waals surface area (Å²) in [6.07, 6.45) is 0.202. The van der Waals surface area contributed by atoms with Crippen LogP contribution in [0.4, 0.5) is 5.69 Å². The van der Waals surface area contributed by atoms with Gasteiger partial charge in [0.15, 0.2) is 0 Å². The summed E-state index contributed by atoms with van der Waals surface area (Å²) in [4.78, 5) is 23.0. The maximum Gasteiger partial charge on any atom is 0.335 e. The van der Waals surface area contributed by atoms with Crippen LogP contribution in [-0.2, 0) is 11.2 Å². The van der Waals surface area contributed by atoms with Crippen LogP contribution in [0.15, 0.2) is 42.5 Å². The molecule has 2 rings (SSSR count). The van der Waals surface area contributed by atoms with Gasteiger partial charge >= 0.3 is 5.97 Å². The molecule has 0 radical (unpaired) electrons. The Hall–Kier alpha value is -2.33. The number of aryl methyl sites for hydroxylation is 1. The fourth-order valence-electron chi connectivity index (χ4n) is 1.87. The molecule has 0 heterocycles. The van der Waals surface area contributed by atoms with Crippen molar-refractivity contribution in [2.24, 2.45) is 0 Å². The van der Waals surface area contributed by atoms with Crippen LogP contribution >= 0.6 is 11.6 Å². The van der Waals surface area contributed by atoms with Gasteiger partial charge in [-0.25, -0.2) is 4.79 Å². The van der Waals surface area contributed by atoms with E-state index < -0.39 is 5.97 Å². The summed E-state index contributed by atoms with van der Waals surface area (Å²) in [6.45, 7) is 1.81. The molecule has 0 spiro atoms. The lowest BCUT2D eigenvalue weighted by Crippen LogP contribution is -2.15. The van der Waals surface area contributed by atoms with E-state index in [1.54, 1.807) is 30.3 Å². The number of hydrogen-bond acceptors (Lipinski definition) is 2. The van der Waals surface area contributed by atoms with Crippen molar-refractivity contribution in [2.45, 2.75) is 13.3 Å². The van der Waals surface area contributed by atoms with E-state index in [2.05, 4.69) is 5.32 Å². The third kappa shape index (κ3) is 4.07. The van der Waals surface area contributed by atoms with Gasteiger partial charge in [-0.1, -0.05) is 29.8 Å². The first kappa shape index (κ1) is 15.1. The smallest absolute Gasteiger partial charge is 0.335 e. The molecular formula is C16H14ClNO3. The normalized spacial score (nSPS) is 10.2. The highest BCUT2D eigenvalue weighted by atomic mass is 35.5. The summed E-state index contributed by atoms with van der Waals surface area (Å²) in [5.74, 6) is -1.23. The summed E-state index contributed by atoms with van der Waals surface area (Å²) in [6, 6.07) is 11.6. The minimum atomic E-state index is -1.02. The topological polar surface area (TPSA) is 66.4 Å². The number of anilines is 1. The van der Waals surface area contributed by atoms with Gasteiger partial charge in [0.25, 0.3) is 0 Å². The lowest BCUT2D eigenvalue weighted by atomic mass is 10.1. The second-order valence-electron chi connectivity index (χ2n) is 4.69. The third-order valence-electron chi connectivity index (χ3n) is 3.04. The van der Waals surface area contributed by atoms with Crippen molar-refractivity contribution in [3.05, 3.63) is 64.2 Å². The molecule has 0 atom stereocenters. The molecule has 21 heavy (non-hydrogen) atoms. The Labute approximate surface area is 127 Å². The second-order valence-corrected chi connectivity index (χ2v) is 5.12. The molecule has 2 aromatic carbocycles. The van der Waals surface area contributed by atoms with Crippen LogP contribution < -0.4 is 5.32 Å². The Morgan fingerprint density at radius 1 is 1.14 bits per heavy atom. The summed E-state index contributed by atoms with van der Waals surface area (Å²) < 4.78 is 0. The molecule has 1 amide bonds. The molecule has 4 nitrogen and oxygen atoms in total. The first-order valence-corrected chi connectivity index (χ1v) is 6.72. The van der Waals surface area contributed by atoms with Gasteiger partial charge in [-0.3, -0.25) is 4.79 Å². The SMILES string of the molecule is Cc1ccc(C(=O)O)cc1NC(=O)Cc1ccc(Cl)cc1. The van der Waals surface area contributed by atoms with E-state index in [4.69, 9.17) is 16.7 Å². The number of rotatable bonds is 4.